The van der Waals surface area contributed by atoms with E-state index in [1.165, 1.54) is 12.1 Å². The number of rotatable bonds is 6. The van der Waals surface area contributed by atoms with E-state index in [0.29, 0.717) is 11.3 Å². The van der Waals surface area contributed by atoms with Crippen LogP contribution in [0.3, 0.4) is 0 Å². The minimum Gasteiger partial charge on any atom is -0.497 e. The van der Waals surface area contributed by atoms with Gasteiger partial charge in [-0.15, -0.1) is 0 Å². The zero-order valence-electron chi connectivity index (χ0n) is 16.6. The average molecular weight is 508 g/mol. The quantitative estimate of drug-likeness (QED) is 0.440. The van der Waals surface area contributed by atoms with Gasteiger partial charge in [-0.1, -0.05) is 59.1 Å². The number of carbonyl (C=O) groups is 1. The molecule has 2 aromatic rings. The smallest absolute Gasteiger partial charge is 0.335 e. The normalized spacial score (nSPS) is 26.9. The molecule has 1 heterocycles. The maximum atomic E-state index is 11.2. The summed E-state index contributed by atoms with van der Waals surface area (Å²) in [4.78, 5) is 11.2. The van der Waals surface area contributed by atoms with E-state index >= 15 is 0 Å². The zero-order chi connectivity index (χ0) is 23.6. The Balaban J connectivity index is 1.81. The molecular weight excluding hydrogens is 487 g/mol. The van der Waals surface area contributed by atoms with Crippen LogP contribution in [0.4, 0.5) is 0 Å². The first kappa shape index (κ1) is 24.9. The van der Waals surface area contributed by atoms with Crippen LogP contribution in [0.2, 0.25) is 0 Å². The molecule has 0 aromatic heterocycles. The molecule has 4 N–H and O–H groups in total. The lowest BCUT2D eigenvalue weighted by Gasteiger charge is -2.38. The number of halogens is 3. The Morgan fingerprint density at radius 3 is 1.84 bits per heavy atom. The van der Waals surface area contributed by atoms with Crippen LogP contribution in [0.1, 0.15) is 17.0 Å². The van der Waals surface area contributed by atoms with Crippen LogP contribution < -0.4 is 9.47 Å². The Labute approximate surface area is 198 Å². The van der Waals surface area contributed by atoms with Gasteiger partial charge in [-0.2, -0.15) is 0 Å². The van der Waals surface area contributed by atoms with E-state index in [9.17, 15) is 20.1 Å². The van der Waals surface area contributed by atoms with Gasteiger partial charge in [0.2, 0.25) is 10.1 Å². The molecule has 0 radical (unpaired) electrons. The highest BCUT2D eigenvalue weighted by Gasteiger charge is 2.48. The van der Waals surface area contributed by atoms with Gasteiger partial charge in [-0.25, -0.2) is 4.79 Å². The molecule has 1 fully saturated rings. The van der Waals surface area contributed by atoms with Gasteiger partial charge >= 0.3 is 5.97 Å². The number of benzene rings is 2. The van der Waals surface area contributed by atoms with Gasteiger partial charge in [-0.3, -0.25) is 0 Å². The predicted octanol–water partition coefficient (Wildman–Crippen LogP) is 2.47. The lowest BCUT2D eigenvalue weighted by Crippen LogP contribution is -2.61. The number of carboxylic acids is 1. The summed E-state index contributed by atoms with van der Waals surface area (Å²) >= 11 is 18.7. The van der Waals surface area contributed by atoms with Crippen molar-refractivity contribution in [3.8, 4) is 11.5 Å². The number of carboxylic acid groups (broad SMARTS) is 1. The Morgan fingerprint density at radius 2 is 1.41 bits per heavy atom. The van der Waals surface area contributed by atoms with Crippen molar-refractivity contribution >= 4 is 40.8 Å². The van der Waals surface area contributed by atoms with Gasteiger partial charge in [0, 0.05) is 0 Å². The van der Waals surface area contributed by atoms with Gasteiger partial charge in [0.25, 0.3) is 0 Å². The summed E-state index contributed by atoms with van der Waals surface area (Å²) in [6, 6.07) is 13.4. The predicted molar refractivity (Wildman–Crippen MR) is 117 cm³/mol. The van der Waals surface area contributed by atoms with Gasteiger partial charge in [0.05, 0.1) is 13.0 Å². The standard InChI is InChI=1S/C21H21Cl3O8/c1-30-12-6-2-10(3-7-12)14(21(22,23)24)11-4-8-13(9-5-11)31-20-17(27)15(25)16(26)18(32-20)19(28)29/h2-9,14-18,20,25-27H,1H3,(H,28,29)/t14?,15-,16-,17+,18-,20+/m0/s1. The fourth-order valence-electron chi connectivity index (χ4n) is 3.39. The van der Waals surface area contributed by atoms with Crippen molar-refractivity contribution in [3.05, 3.63) is 59.7 Å². The highest BCUT2D eigenvalue weighted by molar-refractivity contribution is 6.68. The van der Waals surface area contributed by atoms with Crippen LogP contribution in [0.5, 0.6) is 11.5 Å². The number of hydrogen-bond acceptors (Lipinski definition) is 7. The highest BCUT2D eigenvalue weighted by Crippen LogP contribution is 2.46. The van der Waals surface area contributed by atoms with Gasteiger partial charge in [-0.05, 0) is 35.4 Å². The Bertz CT molecular complexity index is 916. The molecule has 2 aromatic carbocycles. The maximum absolute atomic E-state index is 11.2. The van der Waals surface area contributed by atoms with Crippen LogP contribution in [-0.4, -0.2) is 68.0 Å². The molecule has 1 saturated heterocycles. The Kier molecular flexibility index (Phi) is 7.77. The van der Waals surface area contributed by atoms with Crippen molar-refractivity contribution in [3.63, 3.8) is 0 Å². The topological polar surface area (TPSA) is 126 Å². The van der Waals surface area contributed by atoms with Crippen molar-refractivity contribution in [2.75, 3.05) is 7.11 Å². The molecule has 11 heteroatoms. The number of aliphatic hydroxyl groups excluding tert-OH is 3. The lowest BCUT2D eigenvalue weighted by atomic mass is 9.92. The fourth-order valence-corrected chi connectivity index (χ4v) is 4.15. The number of hydrogen-bond donors (Lipinski definition) is 4. The first-order chi connectivity index (χ1) is 15.0. The minimum atomic E-state index is -1.81. The number of ether oxygens (including phenoxy) is 3. The second kappa shape index (κ2) is 10.0. The summed E-state index contributed by atoms with van der Waals surface area (Å²) in [6.45, 7) is 0. The molecule has 0 bridgehead atoms. The van der Waals surface area contributed by atoms with Crippen molar-refractivity contribution in [1.29, 1.82) is 0 Å². The second-order valence-electron chi connectivity index (χ2n) is 7.17. The van der Waals surface area contributed by atoms with E-state index in [1.807, 2.05) is 0 Å². The van der Waals surface area contributed by atoms with Gasteiger partial charge in [0.15, 0.2) is 6.10 Å². The third-order valence-corrected chi connectivity index (χ3v) is 5.71. The fraction of sp³-hybridized carbons (Fsp3) is 0.381. The summed E-state index contributed by atoms with van der Waals surface area (Å²) < 4.78 is 14.1. The van der Waals surface area contributed by atoms with Gasteiger partial charge in [0.1, 0.15) is 29.8 Å². The molecule has 0 saturated carbocycles. The second-order valence-corrected chi connectivity index (χ2v) is 9.54. The summed E-state index contributed by atoms with van der Waals surface area (Å²) in [5, 5.41) is 38.9. The number of alkyl halides is 3. The molecule has 174 valence electrons. The van der Waals surface area contributed by atoms with Crippen molar-refractivity contribution in [2.45, 2.75) is 40.4 Å². The van der Waals surface area contributed by atoms with Crippen LogP contribution in [0.25, 0.3) is 0 Å². The molecule has 1 aliphatic rings. The third-order valence-electron chi connectivity index (χ3n) is 5.06. The highest BCUT2D eigenvalue weighted by atomic mass is 35.6. The largest absolute Gasteiger partial charge is 0.497 e. The molecule has 3 rings (SSSR count). The Morgan fingerprint density at radius 1 is 0.906 bits per heavy atom. The van der Waals surface area contributed by atoms with E-state index in [0.717, 1.165) is 5.56 Å². The average Bonchev–Trinajstić information content (AvgIpc) is 2.74. The van der Waals surface area contributed by atoms with Crippen molar-refractivity contribution < 1.29 is 39.4 Å². The lowest BCUT2D eigenvalue weighted by molar-refractivity contribution is -0.271. The van der Waals surface area contributed by atoms with E-state index in [1.54, 1.807) is 43.5 Å². The third kappa shape index (κ3) is 5.40. The molecule has 0 aliphatic carbocycles. The molecule has 6 atom stereocenters. The van der Waals surface area contributed by atoms with E-state index in [-0.39, 0.29) is 5.75 Å². The van der Waals surface area contributed by atoms with Crippen LogP contribution in [-0.2, 0) is 9.53 Å². The van der Waals surface area contributed by atoms with Crippen molar-refractivity contribution in [2.24, 2.45) is 0 Å². The molecule has 32 heavy (non-hydrogen) atoms. The zero-order valence-corrected chi connectivity index (χ0v) is 18.9. The molecule has 0 spiro atoms. The summed E-state index contributed by atoms with van der Waals surface area (Å²) in [5.41, 5.74) is 1.37. The monoisotopic (exact) mass is 506 g/mol. The number of aliphatic hydroxyl groups is 3. The molecule has 1 unspecified atom stereocenters. The van der Waals surface area contributed by atoms with E-state index in [2.05, 4.69) is 0 Å². The molecular formula is C21H21Cl3O8. The van der Waals surface area contributed by atoms with Gasteiger partial charge < -0.3 is 34.6 Å². The minimum absolute atomic E-state index is 0.198. The summed E-state index contributed by atoms with van der Waals surface area (Å²) in [6.07, 6.45) is -8.53. The summed E-state index contributed by atoms with van der Waals surface area (Å²) in [7, 11) is 1.55. The summed E-state index contributed by atoms with van der Waals surface area (Å²) in [5.74, 6) is -1.28. The van der Waals surface area contributed by atoms with Crippen LogP contribution in [0, 0.1) is 0 Å². The molecule has 1 aliphatic heterocycles. The maximum Gasteiger partial charge on any atom is 0.335 e. The number of aliphatic carboxylic acids is 1. The van der Waals surface area contributed by atoms with E-state index < -0.39 is 46.4 Å². The molecule has 0 amide bonds. The SMILES string of the molecule is COc1ccc(C(c2ccc(O[C@@H]3O[C@H](C(=O)O)[C@@H](O)[C@H](O)[C@H]3O)cc2)C(Cl)(Cl)Cl)cc1. The number of methoxy groups -OCH3 is 1. The van der Waals surface area contributed by atoms with Crippen LogP contribution >= 0.6 is 34.8 Å². The first-order valence-corrected chi connectivity index (χ1v) is 10.6. The molecule has 8 nitrogen and oxygen atoms in total. The van der Waals surface area contributed by atoms with Crippen LogP contribution in [0.15, 0.2) is 48.5 Å². The Hall–Kier alpha value is -1.78. The van der Waals surface area contributed by atoms with E-state index in [4.69, 9.17) is 54.1 Å². The first-order valence-electron chi connectivity index (χ1n) is 9.42. The van der Waals surface area contributed by atoms with Crippen molar-refractivity contribution in [1.82, 2.24) is 0 Å².